The first-order valence-corrected chi connectivity index (χ1v) is 28.2. The van der Waals surface area contributed by atoms with E-state index in [-0.39, 0.29) is 39.2 Å². The molecule has 0 amide bonds. The van der Waals surface area contributed by atoms with E-state index in [1.165, 1.54) is 123 Å². The van der Waals surface area contributed by atoms with Gasteiger partial charge < -0.3 is 9.80 Å². The predicted octanol–water partition coefficient (Wildman–Crippen LogP) is 18.6. The van der Waals surface area contributed by atoms with E-state index in [0.29, 0.717) is 0 Å². The van der Waals surface area contributed by atoms with E-state index in [1.54, 1.807) is 0 Å². The van der Waals surface area contributed by atoms with Crippen LogP contribution in [0.1, 0.15) is 163 Å². The van der Waals surface area contributed by atoms with Gasteiger partial charge in [0.15, 0.2) is 0 Å². The Labute approximate surface area is 457 Å². The highest BCUT2D eigenvalue weighted by molar-refractivity contribution is 7.00. The Balaban J connectivity index is 1.24. The van der Waals surface area contributed by atoms with Gasteiger partial charge in [0, 0.05) is 34.0 Å². The Morgan fingerprint density at radius 3 is 1.47 bits per heavy atom. The Bertz CT molecular complexity index is 3560. The van der Waals surface area contributed by atoms with E-state index < -0.39 is 0 Å². The summed E-state index contributed by atoms with van der Waals surface area (Å²) in [7, 11) is 0. The van der Waals surface area contributed by atoms with Gasteiger partial charge in [0.25, 0.3) is 6.71 Å². The zero-order valence-corrected chi connectivity index (χ0v) is 48.9. The van der Waals surface area contributed by atoms with Crippen LogP contribution in [0, 0.1) is 6.92 Å². The molecule has 0 atom stereocenters. The van der Waals surface area contributed by atoms with Crippen LogP contribution < -0.4 is 26.2 Å². The summed E-state index contributed by atoms with van der Waals surface area (Å²) in [5, 5.41) is 0. The van der Waals surface area contributed by atoms with Gasteiger partial charge in [-0.15, -0.1) is 0 Å². The smallest absolute Gasteiger partial charge is 0.252 e. The molecule has 0 spiro atoms. The number of aryl methyl sites for hydroxylation is 1. The first-order chi connectivity index (χ1) is 35.6. The quantitative estimate of drug-likeness (QED) is 0.159. The average molecular weight is 997 g/mol. The van der Waals surface area contributed by atoms with Crippen molar-refractivity contribution in [1.29, 1.82) is 0 Å². The lowest BCUT2D eigenvalue weighted by atomic mass is 9.33. The van der Waals surface area contributed by atoms with Crippen LogP contribution in [0.5, 0.6) is 0 Å². The molecule has 2 heterocycles. The fraction of sp³-hybridized carbons (Fsp3) is 0.342. The number of rotatable bonds is 5. The van der Waals surface area contributed by atoms with E-state index in [4.69, 9.17) is 0 Å². The number of benzene rings is 8. The lowest BCUT2D eigenvalue weighted by molar-refractivity contribution is 0.332. The first-order valence-electron chi connectivity index (χ1n) is 28.2. The predicted molar refractivity (Wildman–Crippen MR) is 332 cm³/mol. The van der Waals surface area contributed by atoms with Gasteiger partial charge in [-0.1, -0.05) is 220 Å². The molecule has 3 heteroatoms. The van der Waals surface area contributed by atoms with Gasteiger partial charge in [0.1, 0.15) is 0 Å². The molecule has 2 aliphatic heterocycles. The molecule has 0 unspecified atom stereocenters. The van der Waals surface area contributed by atoms with Crippen LogP contribution in [0.4, 0.5) is 34.1 Å². The molecule has 1 aliphatic carbocycles. The topological polar surface area (TPSA) is 6.48 Å². The fourth-order valence-corrected chi connectivity index (χ4v) is 12.8. The van der Waals surface area contributed by atoms with E-state index in [1.807, 2.05) is 0 Å². The lowest BCUT2D eigenvalue weighted by Gasteiger charge is -2.48. The van der Waals surface area contributed by atoms with Gasteiger partial charge in [-0.05, 0) is 184 Å². The minimum absolute atomic E-state index is 0.0150. The van der Waals surface area contributed by atoms with Gasteiger partial charge >= 0.3 is 0 Å². The van der Waals surface area contributed by atoms with Gasteiger partial charge in [-0.25, -0.2) is 0 Å². The van der Waals surface area contributed by atoms with Crippen molar-refractivity contribution in [3.05, 3.63) is 197 Å². The van der Waals surface area contributed by atoms with Crippen LogP contribution in [0.2, 0.25) is 0 Å². The molecule has 2 nitrogen and oxygen atoms in total. The minimum Gasteiger partial charge on any atom is -0.311 e. The molecular weight excluding hydrogens is 916 g/mol. The second kappa shape index (κ2) is 17.7. The Morgan fingerprint density at radius 2 is 0.895 bits per heavy atom. The summed E-state index contributed by atoms with van der Waals surface area (Å²) >= 11 is 0. The van der Waals surface area contributed by atoms with Crippen molar-refractivity contribution >= 4 is 57.2 Å². The molecule has 0 aromatic heterocycles. The third-order valence-corrected chi connectivity index (χ3v) is 17.6. The van der Waals surface area contributed by atoms with Crippen molar-refractivity contribution in [3.8, 4) is 33.4 Å². The van der Waals surface area contributed by atoms with E-state index in [9.17, 15) is 0 Å². The Morgan fingerprint density at radius 1 is 0.382 bits per heavy atom. The number of hydrogen-bond acceptors (Lipinski definition) is 2. The highest BCUT2D eigenvalue weighted by Crippen LogP contribution is 2.53. The van der Waals surface area contributed by atoms with Crippen LogP contribution in [0.25, 0.3) is 33.4 Å². The summed E-state index contributed by atoms with van der Waals surface area (Å²) in [4.78, 5) is 5.32. The molecule has 0 fully saturated rings. The molecule has 3 aliphatic rings. The second-order valence-corrected chi connectivity index (χ2v) is 28.3. The number of fused-ring (bicyclic) bond motifs is 5. The summed E-state index contributed by atoms with van der Waals surface area (Å²) in [6, 6.07) is 62.2. The molecule has 8 aromatic rings. The number of nitrogens with zero attached hydrogens (tertiary/aromatic N) is 2. The van der Waals surface area contributed by atoms with Crippen LogP contribution in [0.15, 0.2) is 158 Å². The molecule has 0 radical (unpaired) electrons. The third kappa shape index (κ3) is 8.84. The average Bonchev–Trinajstić information content (AvgIpc) is 3.41. The summed E-state index contributed by atoms with van der Waals surface area (Å²) in [5.74, 6) is 0. The summed E-state index contributed by atoms with van der Waals surface area (Å²) < 4.78 is 0. The summed E-state index contributed by atoms with van der Waals surface area (Å²) in [5.41, 5.74) is 28.5. The molecule has 0 saturated heterocycles. The van der Waals surface area contributed by atoms with Crippen LogP contribution in [0.3, 0.4) is 0 Å². The van der Waals surface area contributed by atoms with E-state index in [0.717, 1.165) is 12.8 Å². The summed E-state index contributed by atoms with van der Waals surface area (Å²) in [6.45, 7) is 40.1. The number of hydrogen-bond donors (Lipinski definition) is 0. The van der Waals surface area contributed by atoms with E-state index >= 15 is 0 Å². The monoisotopic (exact) mass is 997 g/mol. The largest absolute Gasteiger partial charge is 0.311 e. The highest BCUT2D eigenvalue weighted by Gasteiger charge is 2.47. The molecule has 8 aromatic carbocycles. The zero-order valence-electron chi connectivity index (χ0n) is 48.9. The molecular formula is C73H81BN2. The Kier molecular flexibility index (Phi) is 12.0. The van der Waals surface area contributed by atoms with Gasteiger partial charge in [-0.3, -0.25) is 0 Å². The standard InChI is InChI=1S/C73H81BN2/c1-46-39-65-67-66(40-46)76(62-36-32-53(70(8,9)10)42-56(62)48-21-19-18-20-22-48)64-45-59-58(72(14,15)37-38-73(59,16)17)44-61(64)74(67)60-35-27-50(47-23-28-51(29-24-47)68(2,3)4)41-63(60)75(65)54-33-34-57(71(11,12)13)55(43-54)49-25-30-52(31-26-49)69(5,6)7/h18-36,39-45H,37-38H2,1-17H3. The molecule has 0 bridgehead atoms. The van der Waals surface area contributed by atoms with Gasteiger partial charge in [0.05, 0.1) is 5.69 Å². The second-order valence-electron chi connectivity index (χ2n) is 28.3. The normalized spacial score (nSPS) is 15.7. The molecule has 0 N–H and O–H groups in total. The van der Waals surface area contributed by atoms with Crippen molar-refractivity contribution in [2.75, 3.05) is 9.80 Å². The van der Waals surface area contributed by atoms with Crippen molar-refractivity contribution in [2.45, 2.75) is 163 Å². The SMILES string of the molecule is Cc1cc2c3c(c1)N(c1ccc(C(C)(C)C)cc1-c1ccccc1)c1cc4c(cc1B3c1ccc(-c3ccc(C(C)(C)C)cc3)cc1N2c1ccc(C(C)(C)C)c(-c2ccc(C(C)(C)C)cc2)c1)C(C)(C)CCC4(C)C. The maximum Gasteiger partial charge on any atom is 0.252 e. The van der Waals surface area contributed by atoms with Gasteiger partial charge in [0.2, 0.25) is 0 Å². The zero-order chi connectivity index (χ0) is 54.2. The summed E-state index contributed by atoms with van der Waals surface area (Å²) in [6.07, 6.45) is 2.31. The maximum absolute atomic E-state index is 2.68. The molecule has 0 saturated carbocycles. The number of anilines is 6. The van der Waals surface area contributed by atoms with Crippen LogP contribution >= 0.6 is 0 Å². The fourth-order valence-electron chi connectivity index (χ4n) is 12.8. The molecule has 11 rings (SSSR count). The van der Waals surface area contributed by atoms with Crippen molar-refractivity contribution in [1.82, 2.24) is 0 Å². The van der Waals surface area contributed by atoms with Crippen molar-refractivity contribution < 1.29 is 0 Å². The van der Waals surface area contributed by atoms with E-state index in [2.05, 4.69) is 285 Å². The van der Waals surface area contributed by atoms with Crippen molar-refractivity contribution in [2.24, 2.45) is 0 Å². The first kappa shape index (κ1) is 51.5. The Hall–Kier alpha value is -6.58. The molecule has 76 heavy (non-hydrogen) atoms. The maximum atomic E-state index is 2.68. The van der Waals surface area contributed by atoms with Crippen LogP contribution in [-0.4, -0.2) is 6.71 Å². The molecule has 386 valence electrons. The van der Waals surface area contributed by atoms with Crippen LogP contribution in [-0.2, 0) is 32.5 Å². The van der Waals surface area contributed by atoms with Gasteiger partial charge in [-0.2, -0.15) is 0 Å². The third-order valence-electron chi connectivity index (χ3n) is 17.6. The lowest BCUT2D eigenvalue weighted by Crippen LogP contribution is -2.62. The highest BCUT2D eigenvalue weighted by atomic mass is 15.2. The minimum atomic E-state index is -0.0823. The van der Waals surface area contributed by atoms with Crippen molar-refractivity contribution in [3.63, 3.8) is 0 Å².